The number of carboxylic acids is 1. The molecule has 0 aromatic heterocycles. The van der Waals surface area contributed by atoms with Gasteiger partial charge in [-0.15, -0.1) is 11.8 Å². The number of hydrogen-bond acceptors (Lipinski definition) is 3. The van der Waals surface area contributed by atoms with Crippen molar-refractivity contribution in [1.82, 2.24) is 0 Å². The summed E-state index contributed by atoms with van der Waals surface area (Å²) in [7, 11) is 0. The number of allylic oxidation sites excluding steroid dienone is 1. The number of carbonyl (C=O) groups is 1. The van der Waals surface area contributed by atoms with E-state index >= 15 is 0 Å². The largest absolute Gasteiger partial charge is 0.481 e. The van der Waals surface area contributed by atoms with Crippen LogP contribution in [-0.4, -0.2) is 16.8 Å². The highest BCUT2D eigenvalue weighted by Crippen LogP contribution is 2.20. The van der Waals surface area contributed by atoms with E-state index in [1.54, 1.807) is 6.26 Å². The number of ether oxygens (including phenoxy) is 1. The Hall–Kier alpha value is -2.98. The Morgan fingerprint density at radius 1 is 0.893 bits per heavy atom. The number of hydrogen-bond donors (Lipinski definition) is 1. The van der Waals surface area contributed by atoms with E-state index in [0.717, 1.165) is 17.7 Å². The van der Waals surface area contributed by atoms with Crippen molar-refractivity contribution in [2.45, 2.75) is 12.2 Å². The zero-order valence-corrected chi connectivity index (χ0v) is 16.3. The molecular formula is C24H22O3S. The normalized spacial score (nSPS) is 10.9. The second-order valence-electron chi connectivity index (χ2n) is 6.29. The van der Waals surface area contributed by atoms with E-state index in [2.05, 4.69) is 36.4 Å². The van der Waals surface area contributed by atoms with Gasteiger partial charge in [0.25, 0.3) is 0 Å². The molecule has 0 fully saturated rings. The zero-order valence-electron chi connectivity index (χ0n) is 15.5. The first-order valence-electron chi connectivity index (χ1n) is 9.05. The summed E-state index contributed by atoms with van der Waals surface area (Å²) in [5.74, 6) is 0.718. The van der Waals surface area contributed by atoms with Crippen LogP contribution in [0, 0.1) is 0 Å². The summed E-state index contributed by atoms with van der Waals surface area (Å²) in [4.78, 5) is 10.6. The average Bonchev–Trinajstić information content (AvgIpc) is 2.72. The van der Waals surface area contributed by atoms with Gasteiger partial charge in [-0.05, 0) is 46.9 Å². The maximum atomic E-state index is 10.6. The molecule has 142 valence electrons. The van der Waals surface area contributed by atoms with Crippen LogP contribution in [0.2, 0.25) is 0 Å². The minimum atomic E-state index is -0.794. The van der Waals surface area contributed by atoms with E-state index in [4.69, 9.17) is 9.84 Å². The smallest absolute Gasteiger partial charge is 0.313 e. The van der Waals surface area contributed by atoms with Gasteiger partial charge in [-0.3, -0.25) is 4.79 Å². The van der Waals surface area contributed by atoms with Crippen LogP contribution >= 0.6 is 11.8 Å². The lowest BCUT2D eigenvalue weighted by molar-refractivity contribution is -0.133. The van der Waals surface area contributed by atoms with Gasteiger partial charge in [0, 0.05) is 5.75 Å². The SMILES string of the molecule is O=C(O)CSCc1cccc(OC=CCc2ccc(-c3ccccc3)cc2)c1. The maximum absolute atomic E-state index is 10.6. The molecule has 0 saturated heterocycles. The molecule has 3 nitrogen and oxygen atoms in total. The molecule has 3 rings (SSSR count). The van der Waals surface area contributed by atoms with Gasteiger partial charge in [-0.1, -0.05) is 66.7 Å². The van der Waals surface area contributed by atoms with Crippen molar-refractivity contribution in [1.29, 1.82) is 0 Å². The fraction of sp³-hybridized carbons (Fsp3) is 0.125. The van der Waals surface area contributed by atoms with E-state index < -0.39 is 5.97 Å². The van der Waals surface area contributed by atoms with Crippen LogP contribution in [0.5, 0.6) is 5.75 Å². The van der Waals surface area contributed by atoms with Crippen molar-refractivity contribution >= 4 is 17.7 Å². The molecule has 0 aliphatic heterocycles. The fourth-order valence-corrected chi connectivity index (χ4v) is 3.43. The first kappa shape index (κ1) is 19.8. The van der Waals surface area contributed by atoms with Gasteiger partial charge < -0.3 is 9.84 Å². The molecule has 0 heterocycles. The molecule has 0 atom stereocenters. The van der Waals surface area contributed by atoms with Gasteiger partial charge in [0.15, 0.2) is 0 Å². The molecular weight excluding hydrogens is 368 g/mol. The van der Waals surface area contributed by atoms with E-state index in [1.165, 1.54) is 28.5 Å². The summed E-state index contributed by atoms with van der Waals surface area (Å²) in [6.07, 6.45) is 4.49. The number of thioether (sulfide) groups is 1. The number of aliphatic carboxylic acids is 1. The summed E-state index contributed by atoms with van der Waals surface area (Å²) in [5.41, 5.74) is 4.70. The van der Waals surface area contributed by atoms with Gasteiger partial charge in [-0.25, -0.2) is 0 Å². The van der Waals surface area contributed by atoms with E-state index in [-0.39, 0.29) is 5.75 Å². The molecule has 0 spiro atoms. The lowest BCUT2D eigenvalue weighted by Gasteiger charge is -2.04. The van der Waals surface area contributed by atoms with Crippen molar-refractivity contribution < 1.29 is 14.6 Å². The third-order valence-electron chi connectivity index (χ3n) is 4.11. The molecule has 0 bridgehead atoms. The first-order valence-corrected chi connectivity index (χ1v) is 10.2. The number of benzene rings is 3. The fourth-order valence-electron chi connectivity index (χ4n) is 2.74. The van der Waals surface area contributed by atoms with Crippen LogP contribution in [0.4, 0.5) is 0 Å². The Morgan fingerprint density at radius 3 is 2.39 bits per heavy atom. The molecule has 28 heavy (non-hydrogen) atoms. The zero-order chi connectivity index (χ0) is 19.6. The Bertz CT molecular complexity index is 918. The average molecular weight is 391 g/mol. The van der Waals surface area contributed by atoms with E-state index in [1.807, 2.05) is 48.5 Å². The predicted molar refractivity (Wildman–Crippen MR) is 116 cm³/mol. The second kappa shape index (κ2) is 10.4. The summed E-state index contributed by atoms with van der Waals surface area (Å²) < 4.78 is 5.68. The van der Waals surface area contributed by atoms with Gasteiger partial charge >= 0.3 is 5.97 Å². The summed E-state index contributed by atoms with van der Waals surface area (Å²) in [5, 5.41) is 8.70. The summed E-state index contributed by atoms with van der Waals surface area (Å²) in [6.45, 7) is 0. The number of carboxylic acid groups (broad SMARTS) is 1. The topological polar surface area (TPSA) is 46.5 Å². The highest BCUT2D eigenvalue weighted by atomic mass is 32.2. The third-order valence-corrected chi connectivity index (χ3v) is 5.10. The Balaban J connectivity index is 1.49. The Morgan fingerprint density at radius 2 is 1.64 bits per heavy atom. The highest BCUT2D eigenvalue weighted by molar-refractivity contribution is 7.99. The molecule has 1 N–H and O–H groups in total. The Labute approximate surface area is 169 Å². The Kier molecular flexibility index (Phi) is 7.33. The van der Waals surface area contributed by atoms with Gasteiger partial charge in [0.05, 0.1) is 12.0 Å². The lowest BCUT2D eigenvalue weighted by Crippen LogP contribution is -1.98. The van der Waals surface area contributed by atoms with Crippen LogP contribution < -0.4 is 4.74 Å². The number of rotatable bonds is 9. The van der Waals surface area contributed by atoms with Crippen LogP contribution in [0.25, 0.3) is 11.1 Å². The molecule has 3 aromatic rings. The van der Waals surface area contributed by atoms with E-state index in [9.17, 15) is 4.79 Å². The van der Waals surface area contributed by atoms with Gasteiger partial charge in [-0.2, -0.15) is 0 Å². The lowest BCUT2D eigenvalue weighted by atomic mass is 10.0. The van der Waals surface area contributed by atoms with Gasteiger partial charge in [0.1, 0.15) is 5.75 Å². The van der Waals surface area contributed by atoms with Crippen molar-refractivity contribution in [3.8, 4) is 16.9 Å². The summed E-state index contributed by atoms with van der Waals surface area (Å²) in [6, 6.07) is 26.6. The van der Waals surface area contributed by atoms with Crippen molar-refractivity contribution in [2.75, 3.05) is 5.75 Å². The van der Waals surface area contributed by atoms with Crippen LogP contribution in [0.1, 0.15) is 11.1 Å². The minimum Gasteiger partial charge on any atom is -0.481 e. The van der Waals surface area contributed by atoms with Crippen LogP contribution in [0.3, 0.4) is 0 Å². The quantitative estimate of drug-likeness (QED) is 0.469. The third kappa shape index (κ3) is 6.32. The highest BCUT2D eigenvalue weighted by Gasteiger charge is 2.00. The van der Waals surface area contributed by atoms with Gasteiger partial charge in [0.2, 0.25) is 0 Å². The van der Waals surface area contributed by atoms with E-state index in [0.29, 0.717) is 5.75 Å². The molecule has 4 heteroatoms. The second-order valence-corrected chi connectivity index (χ2v) is 7.28. The van der Waals surface area contributed by atoms with Crippen molar-refractivity contribution in [3.05, 3.63) is 102 Å². The predicted octanol–water partition coefficient (Wildman–Crippen LogP) is 5.81. The maximum Gasteiger partial charge on any atom is 0.313 e. The molecule has 0 unspecified atom stereocenters. The monoisotopic (exact) mass is 390 g/mol. The van der Waals surface area contributed by atoms with Crippen LogP contribution in [0.15, 0.2) is 91.2 Å². The van der Waals surface area contributed by atoms with Crippen molar-refractivity contribution in [3.63, 3.8) is 0 Å². The van der Waals surface area contributed by atoms with Crippen molar-refractivity contribution in [2.24, 2.45) is 0 Å². The first-order chi connectivity index (χ1) is 13.7. The summed E-state index contributed by atoms with van der Waals surface area (Å²) >= 11 is 1.38. The molecule has 0 saturated carbocycles. The molecule has 0 amide bonds. The molecule has 0 aliphatic carbocycles. The molecule has 0 radical (unpaired) electrons. The molecule has 3 aromatic carbocycles. The van der Waals surface area contributed by atoms with Crippen LogP contribution in [-0.2, 0) is 17.0 Å². The standard InChI is InChI=1S/C24H22O3S/c25-24(26)18-28-17-20-6-4-10-23(16-20)27-15-5-7-19-11-13-22(14-12-19)21-8-2-1-3-9-21/h1-6,8-16H,7,17-18H2,(H,25,26). The minimum absolute atomic E-state index is 0.105. The molecule has 0 aliphatic rings.